The fraction of sp³-hybridized carbons (Fsp3) is 1.00. The van der Waals surface area contributed by atoms with Crippen molar-refractivity contribution in [3.05, 3.63) is 0 Å². The first-order valence-electron chi connectivity index (χ1n) is 9.40. The fourth-order valence-electron chi connectivity index (χ4n) is 5.39. The molecule has 23 heavy (non-hydrogen) atoms. The van der Waals surface area contributed by atoms with Crippen molar-refractivity contribution in [1.82, 2.24) is 4.90 Å². The van der Waals surface area contributed by atoms with Crippen LogP contribution in [0.15, 0.2) is 0 Å². The molecule has 2 bridgehead atoms. The highest BCUT2D eigenvalue weighted by molar-refractivity contribution is 5.11. The first kappa shape index (κ1) is 17.7. The van der Waals surface area contributed by atoms with Gasteiger partial charge in [0.05, 0.1) is 31.0 Å². The van der Waals surface area contributed by atoms with Gasteiger partial charge in [-0.2, -0.15) is 0 Å². The number of aliphatic hydroxyl groups is 1. The maximum Gasteiger partial charge on any atom is 0.0900 e. The third-order valence-corrected chi connectivity index (χ3v) is 7.17. The van der Waals surface area contributed by atoms with Crippen molar-refractivity contribution in [2.24, 2.45) is 16.7 Å². The van der Waals surface area contributed by atoms with Crippen LogP contribution in [0.5, 0.6) is 0 Å². The summed E-state index contributed by atoms with van der Waals surface area (Å²) in [5.74, 6) is 0.788. The summed E-state index contributed by atoms with van der Waals surface area (Å²) >= 11 is 0. The lowest BCUT2D eigenvalue weighted by atomic mass is 9.70. The van der Waals surface area contributed by atoms with Crippen molar-refractivity contribution in [3.8, 4) is 0 Å². The minimum Gasteiger partial charge on any atom is -0.389 e. The molecule has 0 aromatic carbocycles. The summed E-state index contributed by atoms with van der Waals surface area (Å²) in [5, 5.41) is 10.4. The molecule has 4 nitrogen and oxygen atoms in total. The summed E-state index contributed by atoms with van der Waals surface area (Å²) in [6.07, 6.45) is 4.18. The van der Waals surface area contributed by atoms with Gasteiger partial charge < -0.3 is 14.6 Å². The van der Waals surface area contributed by atoms with Crippen LogP contribution in [0.4, 0.5) is 0 Å². The van der Waals surface area contributed by atoms with Crippen LogP contribution in [0.1, 0.15) is 53.9 Å². The lowest BCUT2D eigenvalue weighted by molar-refractivity contribution is -0.0996. The summed E-state index contributed by atoms with van der Waals surface area (Å²) in [7, 11) is 0. The number of nitrogens with zero attached hydrogens (tertiary/aromatic N) is 1. The van der Waals surface area contributed by atoms with Gasteiger partial charge in [-0.3, -0.25) is 4.90 Å². The van der Waals surface area contributed by atoms with Crippen molar-refractivity contribution < 1.29 is 14.6 Å². The van der Waals surface area contributed by atoms with Crippen LogP contribution in [0.3, 0.4) is 0 Å². The Morgan fingerprint density at radius 1 is 1.22 bits per heavy atom. The Labute approximate surface area is 141 Å². The molecule has 3 fully saturated rings. The minimum atomic E-state index is -0.404. The molecule has 1 aliphatic heterocycles. The van der Waals surface area contributed by atoms with Gasteiger partial charge in [0.1, 0.15) is 0 Å². The first-order chi connectivity index (χ1) is 10.7. The Balaban J connectivity index is 1.48. The van der Waals surface area contributed by atoms with Crippen molar-refractivity contribution in [2.45, 2.75) is 78.3 Å². The second kappa shape index (κ2) is 6.29. The van der Waals surface area contributed by atoms with Gasteiger partial charge in [-0.05, 0) is 49.9 Å². The van der Waals surface area contributed by atoms with Gasteiger partial charge in [0.25, 0.3) is 0 Å². The number of β-amino-alcohol motifs (C(OH)–C–C–N with tert-alkyl or cyclic N) is 1. The van der Waals surface area contributed by atoms with Crippen LogP contribution in [0, 0.1) is 16.7 Å². The van der Waals surface area contributed by atoms with Crippen LogP contribution < -0.4 is 0 Å². The van der Waals surface area contributed by atoms with E-state index in [1.54, 1.807) is 0 Å². The maximum atomic E-state index is 10.4. The summed E-state index contributed by atoms with van der Waals surface area (Å²) in [5.41, 5.74) is 0.650. The third kappa shape index (κ3) is 3.20. The minimum absolute atomic E-state index is 0.247. The monoisotopic (exact) mass is 325 g/mol. The average molecular weight is 325 g/mol. The molecule has 4 heteroatoms. The number of ether oxygens (including phenoxy) is 2. The predicted octanol–water partition coefficient (Wildman–Crippen LogP) is 2.69. The zero-order valence-electron chi connectivity index (χ0n) is 15.5. The normalized spacial score (nSPS) is 44.6. The highest BCUT2D eigenvalue weighted by Gasteiger charge is 2.61. The Bertz CT molecular complexity index is 417. The zero-order chi connectivity index (χ0) is 16.8. The quantitative estimate of drug-likeness (QED) is 0.844. The molecule has 3 aliphatic rings. The molecule has 2 aliphatic carbocycles. The van der Waals surface area contributed by atoms with Gasteiger partial charge in [0, 0.05) is 19.6 Å². The third-order valence-electron chi connectivity index (χ3n) is 7.17. The Morgan fingerprint density at radius 3 is 2.39 bits per heavy atom. The van der Waals surface area contributed by atoms with Gasteiger partial charge in [-0.1, -0.05) is 20.8 Å². The van der Waals surface area contributed by atoms with E-state index in [9.17, 15) is 5.11 Å². The van der Waals surface area contributed by atoms with Crippen LogP contribution >= 0.6 is 0 Å². The molecular weight excluding hydrogens is 290 g/mol. The molecule has 0 spiro atoms. The highest BCUT2D eigenvalue weighted by Crippen LogP contribution is 2.66. The number of rotatable bonds is 5. The van der Waals surface area contributed by atoms with Crippen LogP contribution in [-0.2, 0) is 9.47 Å². The molecule has 134 valence electrons. The molecule has 0 aromatic rings. The number of hydrogen-bond donors (Lipinski definition) is 1. The van der Waals surface area contributed by atoms with E-state index in [-0.39, 0.29) is 17.6 Å². The van der Waals surface area contributed by atoms with Crippen LogP contribution in [-0.4, -0.2) is 60.7 Å². The van der Waals surface area contributed by atoms with Gasteiger partial charge in [-0.25, -0.2) is 0 Å². The zero-order valence-corrected chi connectivity index (χ0v) is 15.5. The van der Waals surface area contributed by atoms with E-state index in [2.05, 4.69) is 39.5 Å². The van der Waals surface area contributed by atoms with Gasteiger partial charge in [0.15, 0.2) is 0 Å². The standard InChI is InChI=1S/C19H35NO3/c1-13-9-20(10-14(2)23-13)11-16(21)12-22-17-8-15-6-7-19(17,5)18(15,3)4/h13-17,21H,6-12H2,1-5H3/t13-,14+,15-,16+,17-,19-/m1/s1. The lowest BCUT2D eigenvalue weighted by Crippen LogP contribution is -2.49. The Morgan fingerprint density at radius 2 is 1.87 bits per heavy atom. The van der Waals surface area contributed by atoms with E-state index in [0.717, 1.165) is 19.0 Å². The summed E-state index contributed by atoms with van der Waals surface area (Å²) in [6, 6.07) is 0. The smallest absolute Gasteiger partial charge is 0.0900 e. The molecule has 1 heterocycles. The van der Waals surface area contributed by atoms with E-state index in [4.69, 9.17) is 9.47 Å². The molecule has 2 saturated carbocycles. The van der Waals surface area contributed by atoms with Crippen molar-refractivity contribution >= 4 is 0 Å². The molecule has 0 radical (unpaired) electrons. The topological polar surface area (TPSA) is 41.9 Å². The molecule has 0 unspecified atom stereocenters. The molecule has 1 N–H and O–H groups in total. The van der Waals surface area contributed by atoms with Crippen molar-refractivity contribution in [2.75, 3.05) is 26.2 Å². The van der Waals surface area contributed by atoms with Crippen molar-refractivity contribution in [1.29, 1.82) is 0 Å². The average Bonchev–Trinajstić information content (AvgIpc) is 2.76. The van der Waals surface area contributed by atoms with E-state index < -0.39 is 6.10 Å². The second-order valence-electron chi connectivity index (χ2n) is 9.06. The summed E-state index contributed by atoms with van der Waals surface area (Å²) in [6.45, 7) is 14.4. The first-order valence-corrected chi connectivity index (χ1v) is 9.40. The van der Waals surface area contributed by atoms with E-state index in [1.807, 2.05) is 0 Å². The van der Waals surface area contributed by atoms with Crippen LogP contribution in [0.25, 0.3) is 0 Å². The molecule has 3 rings (SSSR count). The molecule has 1 saturated heterocycles. The number of hydrogen-bond acceptors (Lipinski definition) is 4. The van der Waals surface area contributed by atoms with E-state index in [0.29, 0.717) is 24.7 Å². The molecular formula is C19H35NO3. The summed E-state index contributed by atoms with van der Waals surface area (Å²) in [4.78, 5) is 2.30. The van der Waals surface area contributed by atoms with E-state index >= 15 is 0 Å². The molecule has 6 atom stereocenters. The Kier molecular flexibility index (Phi) is 4.83. The van der Waals surface area contributed by atoms with E-state index in [1.165, 1.54) is 19.3 Å². The van der Waals surface area contributed by atoms with Crippen molar-refractivity contribution in [3.63, 3.8) is 0 Å². The fourth-order valence-corrected chi connectivity index (χ4v) is 5.39. The second-order valence-corrected chi connectivity index (χ2v) is 9.06. The van der Waals surface area contributed by atoms with Gasteiger partial charge in [0.2, 0.25) is 0 Å². The number of morpholine rings is 1. The molecule has 0 aromatic heterocycles. The SMILES string of the molecule is C[C@@H]1CN(C[C@H](O)CO[C@@H]2C[C@H]3CC[C@@]2(C)C3(C)C)C[C@H](C)O1. The lowest BCUT2D eigenvalue weighted by Gasteiger charge is -2.39. The maximum absolute atomic E-state index is 10.4. The predicted molar refractivity (Wildman–Crippen MR) is 91.4 cm³/mol. The number of aliphatic hydroxyl groups excluding tert-OH is 1. The highest BCUT2D eigenvalue weighted by atomic mass is 16.5. The van der Waals surface area contributed by atoms with Gasteiger partial charge >= 0.3 is 0 Å². The van der Waals surface area contributed by atoms with Crippen LogP contribution in [0.2, 0.25) is 0 Å². The largest absolute Gasteiger partial charge is 0.389 e. The Hall–Kier alpha value is -0.160. The number of fused-ring (bicyclic) bond motifs is 2. The summed E-state index contributed by atoms with van der Waals surface area (Å²) < 4.78 is 12.0. The molecule has 0 amide bonds. The van der Waals surface area contributed by atoms with Gasteiger partial charge in [-0.15, -0.1) is 0 Å².